The highest BCUT2D eigenvalue weighted by Crippen LogP contribution is 2.61. The van der Waals surface area contributed by atoms with Crippen molar-refractivity contribution in [2.45, 2.75) is 59.5 Å². The Kier molecular flexibility index (Phi) is 7.33. The molecule has 0 fully saturated rings. The maximum atomic E-state index is 13.7. The van der Waals surface area contributed by atoms with Gasteiger partial charge in [0.05, 0.1) is 6.61 Å². The van der Waals surface area contributed by atoms with E-state index >= 15 is 0 Å². The summed E-state index contributed by atoms with van der Waals surface area (Å²) in [6.45, 7) is 1.08. The van der Waals surface area contributed by atoms with Crippen molar-refractivity contribution in [3.05, 3.63) is 0 Å². The summed E-state index contributed by atoms with van der Waals surface area (Å²) in [6.07, 6.45) is -10.1. The molecule has 168 valence electrons. The van der Waals surface area contributed by atoms with E-state index in [1.807, 2.05) is 0 Å². The lowest BCUT2D eigenvalue weighted by Gasteiger charge is -2.40. The van der Waals surface area contributed by atoms with Crippen LogP contribution < -0.4 is 0 Å². The fraction of sp³-hybridized carbons (Fsp3) is 0.917. The Balaban J connectivity index is 6.22. The van der Waals surface area contributed by atoms with Crippen molar-refractivity contribution in [2.24, 2.45) is 0 Å². The van der Waals surface area contributed by atoms with Crippen molar-refractivity contribution in [1.29, 1.82) is 0 Å². The quantitative estimate of drug-likeness (QED) is 0.161. The van der Waals surface area contributed by atoms with E-state index in [2.05, 4.69) is 4.74 Å². The van der Waals surface area contributed by atoms with Crippen LogP contribution in [0.3, 0.4) is 0 Å². The Morgan fingerprint density at radius 2 is 1.11 bits per heavy atom. The molecule has 0 aliphatic rings. The third-order valence-corrected chi connectivity index (χ3v) is 4.08. The van der Waals surface area contributed by atoms with E-state index in [-0.39, 0.29) is 0 Å². The number of esters is 1. The van der Waals surface area contributed by atoms with Gasteiger partial charge in [0.2, 0.25) is 0 Å². The Hall–Kier alpha value is -0.710. The van der Waals surface area contributed by atoms with Gasteiger partial charge in [-0.2, -0.15) is 57.1 Å². The Morgan fingerprint density at radius 1 is 0.750 bits per heavy atom. The monoisotopic (exact) mass is 560 g/mol. The molecule has 0 amide bonds. The third kappa shape index (κ3) is 4.24. The van der Waals surface area contributed by atoms with Gasteiger partial charge in [0, 0.05) is 6.42 Å². The van der Waals surface area contributed by atoms with E-state index in [4.69, 9.17) is 0 Å². The molecular weight excluding hydrogens is 550 g/mol. The summed E-state index contributed by atoms with van der Waals surface area (Å²) in [4.78, 5) is 11.4. The zero-order valence-corrected chi connectivity index (χ0v) is 15.7. The summed E-state index contributed by atoms with van der Waals surface area (Å²) < 4.78 is 170. The number of carbonyl (C=O) groups excluding carboxylic acids is 1. The van der Waals surface area contributed by atoms with Crippen molar-refractivity contribution in [3.63, 3.8) is 0 Å². The molecule has 0 rings (SSSR count). The number of carbonyl (C=O) groups is 1. The van der Waals surface area contributed by atoms with E-state index in [0.29, 0.717) is 6.92 Å². The lowest BCUT2D eigenvalue weighted by molar-refractivity contribution is -0.440. The number of halogens is 14. The highest BCUT2D eigenvalue weighted by atomic mass is 127. The highest BCUT2D eigenvalue weighted by molar-refractivity contribution is 14.1. The van der Waals surface area contributed by atoms with Crippen LogP contribution in [0.15, 0.2) is 0 Å². The largest absolute Gasteiger partial charge is 0.465 e. The smallest absolute Gasteiger partial charge is 0.460 e. The Morgan fingerprint density at radius 3 is 1.43 bits per heavy atom. The third-order valence-electron chi connectivity index (χ3n) is 3.25. The van der Waals surface area contributed by atoms with Gasteiger partial charge in [0.25, 0.3) is 0 Å². The average Bonchev–Trinajstić information content (AvgIpc) is 2.44. The van der Waals surface area contributed by atoms with Gasteiger partial charge in [0.1, 0.15) is 3.42 Å². The van der Waals surface area contributed by atoms with Crippen molar-refractivity contribution < 1.29 is 66.6 Å². The molecule has 0 aromatic carbocycles. The summed E-state index contributed by atoms with van der Waals surface area (Å²) in [5, 5.41) is 0. The van der Waals surface area contributed by atoms with Crippen LogP contribution in [0.2, 0.25) is 0 Å². The molecule has 0 N–H and O–H groups in total. The second kappa shape index (κ2) is 7.52. The first-order valence-electron chi connectivity index (χ1n) is 6.76. The molecule has 0 bridgehead atoms. The lowest BCUT2D eigenvalue weighted by atomic mass is 9.89. The molecule has 0 saturated carbocycles. The van der Waals surface area contributed by atoms with Crippen LogP contribution >= 0.6 is 22.6 Å². The molecule has 0 aromatic rings. The van der Waals surface area contributed by atoms with Crippen LogP contribution in [0.4, 0.5) is 57.1 Å². The van der Waals surface area contributed by atoms with Gasteiger partial charge < -0.3 is 4.74 Å². The average molecular weight is 560 g/mol. The van der Waals surface area contributed by atoms with Gasteiger partial charge in [-0.3, -0.25) is 4.79 Å². The molecule has 28 heavy (non-hydrogen) atoms. The number of rotatable bonds is 8. The minimum absolute atomic E-state index is 0.441. The zero-order valence-electron chi connectivity index (χ0n) is 13.5. The summed E-state index contributed by atoms with van der Waals surface area (Å²) in [7, 11) is 0. The fourth-order valence-electron chi connectivity index (χ4n) is 1.68. The maximum absolute atomic E-state index is 13.7. The van der Waals surface area contributed by atoms with Crippen LogP contribution in [0.1, 0.15) is 20.3 Å². The van der Waals surface area contributed by atoms with Gasteiger partial charge in [-0.1, -0.05) is 22.6 Å². The summed E-state index contributed by atoms with van der Waals surface area (Å²) >= 11 is 0.720. The minimum Gasteiger partial charge on any atom is -0.465 e. The van der Waals surface area contributed by atoms with Crippen molar-refractivity contribution in [3.8, 4) is 0 Å². The Bertz CT molecular complexity index is 583. The number of hydrogen-bond acceptors (Lipinski definition) is 2. The van der Waals surface area contributed by atoms with Crippen LogP contribution in [0.5, 0.6) is 0 Å². The van der Waals surface area contributed by atoms with Gasteiger partial charge in [0.15, 0.2) is 0 Å². The van der Waals surface area contributed by atoms with Gasteiger partial charge in [-0.15, -0.1) is 0 Å². The molecule has 0 aliphatic heterocycles. The number of ether oxygens (including phenoxy) is 1. The Labute approximate surface area is 161 Å². The molecule has 0 radical (unpaired) electrons. The van der Waals surface area contributed by atoms with E-state index in [1.165, 1.54) is 0 Å². The molecule has 2 nitrogen and oxygen atoms in total. The minimum atomic E-state index is -7.96. The first-order valence-corrected chi connectivity index (χ1v) is 7.84. The van der Waals surface area contributed by atoms with Gasteiger partial charge in [-0.25, -0.2) is 0 Å². The standard InChI is InChI=1S/C12H10F13IO2/c1-3-28-5(27)6(2,26)4-7(13,14)8(15,16)9(17,18)10(19,20)11(21,22)12(23,24)25/h3-4H2,1-2H3. The predicted molar refractivity (Wildman–Crippen MR) is 74.5 cm³/mol. The zero-order chi connectivity index (χ0) is 23.2. The van der Waals surface area contributed by atoms with Crippen molar-refractivity contribution in [2.75, 3.05) is 6.61 Å². The topological polar surface area (TPSA) is 26.3 Å². The van der Waals surface area contributed by atoms with E-state index in [9.17, 15) is 61.9 Å². The van der Waals surface area contributed by atoms with Gasteiger partial charge >= 0.3 is 41.8 Å². The molecule has 0 aliphatic carbocycles. The van der Waals surface area contributed by atoms with E-state index < -0.39 is 58.2 Å². The molecule has 0 aromatic heterocycles. The van der Waals surface area contributed by atoms with E-state index in [1.54, 1.807) is 0 Å². The molecule has 0 saturated heterocycles. The van der Waals surface area contributed by atoms with Crippen molar-refractivity contribution >= 4 is 28.6 Å². The predicted octanol–water partition coefficient (Wildman–Crippen LogP) is 5.87. The molecule has 1 atom stereocenters. The molecule has 0 spiro atoms. The first kappa shape index (κ1) is 27.3. The summed E-state index contributed by atoms with van der Waals surface area (Å²) in [6, 6.07) is 0. The summed E-state index contributed by atoms with van der Waals surface area (Å²) in [5.41, 5.74) is 0. The second-order valence-corrected chi connectivity index (χ2v) is 7.98. The van der Waals surface area contributed by atoms with E-state index in [0.717, 1.165) is 29.5 Å². The van der Waals surface area contributed by atoms with Crippen molar-refractivity contribution in [1.82, 2.24) is 0 Å². The second-order valence-electron chi connectivity index (χ2n) is 5.59. The molecule has 1 unspecified atom stereocenters. The number of alkyl halides is 14. The van der Waals surface area contributed by atoms with Crippen LogP contribution in [-0.4, -0.2) is 51.8 Å². The van der Waals surface area contributed by atoms with Crippen LogP contribution in [-0.2, 0) is 9.53 Å². The molecule has 0 heterocycles. The first-order chi connectivity index (χ1) is 11.9. The van der Waals surface area contributed by atoms with Crippen LogP contribution in [0.25, 0.3) is 0 Å². The molecule has 16 heteroatoms. The van der Waals surface area contributed by atoms with Gasteiger partial charge in [-0.05, 0) is 13.8 Å². The van der Waals surface area contributed by atoms with Crippen LogP contribution in [0, 0.1) is 0 Å². The summed E-state index contributed by atoms with van der Waals surface area (Å²) in [5.74, 6) is -39.0. The normalized spacial score (nSPS) is 17.3. The molecular formula is C12H10F13IO2. The number of hydrogen-bond donors (Lipinski definition) is 0. The fourth-order valence-corrected chi connectivity index (χ4v) is 2.32. The maximum Gasteiger partial charge on any atom is 0.460 e. The lowest BCUT2D eigenvalue weighted by Crippen LogP contribution is -2.70. The SMILES string of the molecule is CCOC(=O)C(C)(I)CC(F)(F)C(F)(F)C(F)(F)C(F)(F)C(F)(F)C(F)(F)F. The highest BCUT2D eigenvalue weighted by Gasteiger charge is 2.90.